The van der Waals surface area contributed by atoms with Gasteiger partial charge in [-0.1, -0.05) is 32.1 Å². The summed E-state index contributed by atoms with van der Waals surface area (Å²) in [6, 6.07) is 0.276. The van der Waals surface area contributed by atoms with E-state index >= 15 is 0 Å². The fraction of sp³-hybridized carbons (Fsp3) is 0.846. The first-order chi connectivity index (χ1) is 8.18. The van der Waals surface area contributed by atoms with Crippen LogP contribution in [0.5, 0.6) is 0 Å². The summed E-state index contributed by atoms with van der Waals surface area (Å²) in [6.45, 7) is 0. The number of carbonyl (C=O) groups excluding carboxylic acids is 1. The highest BCUT2D eigenvalue weighted by Gasteiger charge is 2.48. The van der Waals surface area contributed by atoms with Crippen LogP contribution in [0.15, 0.2) is 0 Å². The van der Waals surface area contributed by atoms with E-state index in [1.54, 1.807) is 0 Å². The van der Waals surface area contributed by atoms with Gasteiger partial charge in [0.05, 0.1) is 11.8 Å². The summed E-state index contributed by atoms with van der Waals surface area (Å²) in [5.41, 5.74) is 0. The molecule has 0 saturated heterocycles. The molecule has 2 rings (SSSR count). The second-order valence-corrected chi connectivity index (χ2v) is 5.34. The first-order valence-electron chi connectivity index (χ1n) is 6.71. The molecule has 0 aliphatic heterocycles. The van der Waals surface area contributed by atoms with Crippen LogP contribution < -0.4 is 5.32 Å². The Morgan fingerprint density at radius 2 is 1.53 bits per heavy atom. The third-order valence-electron chi connectivity index (χ3n) is 3.90. The molecule has 2 atom stereocenters. The average molecular weight is 239 g/mol. The molecule has 0 radical (unpaired) electrons. The van der Waals surface area contributed by atoms with Crippen molar-refractivity contribution in [1.82, 2.24) is 5.32 Å². The van der Waals surface area contributed by atoms with E-state index in [9.17, 15) is 9.59 Å². The van der Waals surface area contributed by atoms with Crippen LogP contribution in [0.2, 0.25) is 0 Å². The van der Waals surface area contributed by atoms with E-state index in [2.05, 4.69) is 5.32 Å². The van der Waals surface area contributed by atoms with E-state index in [4.69, 9.17) is 5.11 Å². The van der Waals surface area contributed by atoms with E-state index in [0.29, 0.717) is 6.42 Å². The molecule has 96 valence electrons. The van der Waals surface area contributed by atoms with Crippen LogP contribution in [-0.4, -0.2) is 23.0 Å². The van der Waals surface area contributed by atoms with Crippen molar-refractivity contribution in [3.63, 3.8) is 0 Å². The molecule has 0 aromatic rings. The van der Waals surface area contributed by atoms with Gasteiger partial charge in [-0.25, -0.2) is 0 Å². The Hall–Kier alpha value is -1.06. The molecule has 2 fully saturated rings. The lowest BCUT2D eigenvalue weighted by atomic mass is 9.96. The zero-order valence-corrected chi connectivity index (χ0v) is 10.2. The van der Waals surface area contributed by atoms with Crippen LogP contribution in [0.3, 0.4) is 0 Å². The van der Waals surface area contributed by atoms with Crippen molar-refractivity contribution in [3.8, 4) is 0 Å². The smallest absolute Gasteiger partial charge is 0.307 e. The van der Waals surface area contributed by atoms with Gasteiger partial charge in [-0.15, -0.1) is 0 Å². The van der Waals surface area contributed by atoms with Gasteiger partial charge in [0, 0.05) is 6.04 Å². The van der Waals surface area contributed by atoms with Crippen molar-refractivity contribution in [2.45, 2.75) is 57.4 Å². The predicted molar refractivity (Wildman–Crippen MR) is 63.5 cm³/mol. The molecule has 2 aliphatic carbocycles. The van der Waals surface area contributed by atoms with Crippen LogP contribution in [0.4, 0.5) is 0 Å². The van der Waals surface area contributed by atoms with Crippen LogP contribution in [0.25, 0.3) is 0 Å². The van der Waals surface area contributed by atoms with Gasteiger partial charge in [-0.2, -0.15) is 0 Å². The molecule has 0 heterocycles. The number of amides is 1. The van der Waals surface area contributed by atoms with E-state index in [1.807, 2.05) is 0 Å². The summed E-state index contributed by atoms with van der Waals surface area (Å²) in [5, 5.41) is 11.8. The van der Waals surface area contributed by atoms with Crippen molar-refractivity contribution in [1.29, 1.82) is 0 Å². The van der Waals surface area contributed by atoms with Gasteiger partial charge in [0.15, 0.2) is 0 Å². The van der Waals surface area contributed by atoms with Gasteiger partial charge in [0.25, 0.3) is 0 Å². The first kappa shape index (κ1) is 12.4. The van der Waals surface area contributed by atoms with Gasteiger partial charge < -0.3 is 10.4 Å². The third-order valence-corrected chi connectivity index (χ3v) is 3.90. The van der Waals surface area contributed by atoms with E-state index in [1.165, 1.54) is 32.1 Å². The molecule has 0 spiro atoms. The zero-order chi connectivity index (χ0) is 12.3. The predicted octanol–water partition coefficient (Wildman–Crippen LogP) is 1.94. The third kappa shape index (κ3) is 3.45. The Morgan fingerprint density at radius 3 is 2.06 bits per heavy atom. The monoisotopic (exact) mass is 239 g/mol. The second kappa shape index (κ2) is 5.52. The molecule has 2 saturated carbocycles. The normalized spacial score (nSPS) is 30.1. The highest BCUT2D eigenvalue weighted by Crippen LogP contribution is 2.38. The summed E-state index contributed by atoms with van der Waals surface area (Å²) in [5.74, 6) is -1.56. The summed E-state index contributed by atoms with van der Waals surface area (Å²) in [7, 11) is 0. The maximum absolute atomic E-state index is 11.8. The van der Waals surface area contributed by atoms with E-state index < -0.39 is 11.9 Å². The van der Waals surface area contributed by atoms with Crippen LogP contribution in [-0.2, 0) is 9.59 Å². The molecular formula is C13H21NO3. The van der Waals surface area contributed by atoms with Gasteiger partial charge in [0.1, 0.15) is 0 Å². The van der Waals surface area contributed by atoms with E-state index in [0.717, 1.165) is 12.8 Å². The number of rotatable bonds is 3. The molecule has 0 bridgehead atoms. The van der Waals surface area contributed by atoms with Crippen LogP contribution in [0.1, 0.15) is 51.4 Å². The summed E-state index contributed by atoms with van der Waals surface area (Å²) >= 11 is 0. The molecule has 2 aliphatic rings. The Kier molecular flexibility index (Phi) is 4.02. The molecule has 0 aromatic carbocycles. The largest absolute Gasteiger partial charge is 0.481 e. The van der Waals surface area contributed by atoms with Gasteiger partial charge in [-0.3, -0.25) is 9.59 Å². The standard InChI is InChI=1S/C13H21NO3/c15-12(10-8-11(10)13(16)17)14-9-6-4-2-1-3-5-7-9/h9-11H,1-8H2,(H,14,15)(H,16,17). The Balaban J connectivity index is 1.75. The highest BCUT2D eigenvalue weighted by molar-refractivity contribution is 5.89. The number of hydrogen-bond acceptors (Lipinski definition) is 2. The van der Waals surface area contributed by atoms with Crippen molar-refractivity contribution in [2.75, 3.05) is 0 Å². The lowest BCUT2D eigenvalue weighted by molar-refractivity contribution is -0.140. The summed E-state index contributed by atoms with van der Waals surface area (Å²) in [4.78, 5) is 22.5. The van der Waals surface area contributed by atoms with Crippen molar-refractivity contribution >= 4 is 11.9 Å². The van der Waals surface area contributed by atoms with Crippen molar-refractivity contribution < 1.29 is 14.7 Å². The Labute approximate surface area is 102 Å². The lowest BCUT2D eigenvalue weighted by Crippen LogP contribution is -2.36. The number of nitrogens with one attached hydrogen (secondary N) is 1. The number of hydrogen-bond donors (Lipinski definition) is 2. The van der Waals surface area contributed by atoms with Crippen molar-refractivity contribution in [2.24, 2.45) is 11.8 Å². The fourth-order valence-electron chi connectivity index (χ4n) is 2.67. The fourth-order valence-corrected chi connectivity index (χ4v) is 2.67. The molecule has 0 aromatic heterocycles. The average Bonchev–Trinajstić information content (AvgIpc) is 3.01. The Morgan fingerprint density at radius 1 is 0.941 bits per heavy atom. The van der Waals surface area contributed by atoms with Crippen LogP contribution >= 0.6 is 0 Å². The minimum Gasteiger partial charge on any atom is -0.481 e. The van der Waals surface area contributed by atoms with Crippen molar-refractivity contribution in [3.05, 3.63) is 0 Å². The quantitative estimate of drug-likeness (QED) is 0.791. The number of carbonyl (C=O) groups is 2. The molecule has 1 amide bonds. The van der Waals surface area contributed by atoms with Gasteiger partial charge in [-0.05, 0) is 19.3 Å². The second-order valence-electron chi connectivity index (χ2n) is 5.34. The minimum absolute atomic E-state index is 0.0389. The molecule has 17 heavy (non-hydrogen) atoms. The van der Waals surface area contributed by atoms with E-state index in [-0.39, 0.29) is 17.9 Å². The maximum atomic E-state index is 11.8. The number of aliphatic carboxylic acids is 1. The SMILES string of the molecule is O=C(O)C1CC1C(=O)NC1CCCCCCC1. The zero-order valence-electron chi connectivity index (χ0n) is 10.2. The molecule has 2 unspecified atom stereocenters. The number of carboxylic acid groups (broad SMARTS) is 1. The minimum atomic E-state index is -0.831. The summed E-state index contributed by atoms with van der Waals surface area (Å²) < 4.78 is 0. The van der Waals surface area contributed by atoms with Crippen LogP contribution in [0, 0.1) is 11.8 Å². The van der Waals surface area contributed by atoms with Gasteiger partial charge >= 0.3 is 5.97 Å². The maximum Gasteiger partial charge on any atom is 0.307 e. The Bertz CT molecular complexity index is 295. The molecular weight excluding hydrogens is 218 g/mol. The molecule has 4 nitrogen and oxygen atoms in total. The lowest BCUT2D eigenvalue weighted by Gasteiger charge is -2.21. The van der Waals surface area contributed by atoms with Gasteiger partial charge in [0.2, 0.25) is 5.91 Å². The highest BCUT2D eigenvalue weighted by atomic mass is 16.4. The summed E-state index contributed by atoms with van der Waals surface area (Å²) in [6.07, 6.45) is 8.81. The molecule has 2 N–H and O–H groups in total. The first-order valence-corrected chi connectivity index (χ1v) is 6.71. The number of carboxylic acids is 1. The topological polar surface area (TPSA) is 66.4 Å². The molecule has 4 heteroatoms.